The van der Waals surface area contributed by atoms with E-state index in [-0.39, 0.29) is 18.5 Å². The second kappa shape index (κ2) is 42.1. The van der Waals surface area contributed by atoms with E-state index in [0.29, 0.717) is 43.8 Å². The topological polar surface area (TPSA) is 72.8 Å². The van der Waals surface area contributed by atoms with Crippen LogP contribution in [0.1, 0.15) is 259 Å². The van der Waals surface area contributed by atoms with Gasteiger partial charge < -0.3 is 14.6 Å². The van der Waals surface area contributed by atoms with Crippen molar-refractivity contribution >= 4 is 11.9 Å². The largest absolute Gasteiger partial charge is 0.465 e. The summed E-state index contributed by atoms with van der Waals surface area (Å²) >= 11 is 0. The van der Waals surface area contributed by atoms with Crippen molar-refractivity contribution in [3.05, 3.63) is 0 Å². The van der Waals surface area contributed by atoms with Crippen LogP contribution < -0.4 is 0 Å². The van der Waals surface area contributed by atoms with Crippen LogP contribution in [-0.2, 0) is 19.1 Å². The lowest BCUT2D eigenvalue weighted by Crippen LogP contribution is -2.14. The highest BCUT2D eigenvalue weighted by Gasteiger charge is 2.15. The van der Waals surface area contributed by atoms with Crippen molar-refractivity contribution in [2.75, 3.05) is 19.8 Å². The van der Waals surface area contributed by atoms with Crippen molar-refractivity contribution in [2.24, 2.45) is 17.8 Å². The summed E-state index contributed by atoms with van der Waals surface area (Å²) in [7, 11) is 0. The van der Waals surface area contributed by atoms with Crippen LogP contribution in [0.3, 0.4) is 0 Å². The van der Waals surface area contributed by atoms with E-state index >= 15 is 0 Å². The highest BCUT2D eigenvalue weighted by atomic mass is 16.5. The summed E-state index contributed by atoms with van der Waals surface area (Å²) in [5.74, 6) is 1.64. The molecule has 0 fully saturated rings. The summed E-state index contributed by atoms with van der Waals surface area (Å²) in [6, 6.07) is 0. The Kier molecular flexibility index (Phi) is 41.2. The maximum Gasteiger partial charge on any atom is 0.305 e. The Morgan fingerprint density at radius 1 is 0.358 bits per heavy atom. The lowest BCUT2D eigenvalue weighted by Gasteiger charge is -2.18. The number of carbonyl (C=O) groups excluding carboxylic acids is 2. The maximum atomic E-state index is 12.6. The molecule has 0 spiro atoms. The summed E-state index contributed by atoms with van der Waals surface area (Å²) in [6.45, 7) is 10.5. The number of hydrogen-bond donors (Lipinski definition) is 1. The molecule has 0 heterocycles. The van der Waals surface area contributed by atoms with Crippen LogP contribution in [0, 0.1) is 17.8 Å². The van der Waals surface area contributed by atoms with Crippen LogP contribution in [0.5, 0.6) is 0 Å². The van der Waals surface area contributed by atoms with E-state index in [0.717, 1.165) is 64.2 Å². The van der Waals surface area contributed by atoms with Gasteiger partial charge in [0, 0.05) is 19.4 Å². The normalized spacial score (nSPS) is 13.2. The van der Waals surface area contributed by atoms with E-state index in [1.165, 1.54) is 154 Å². The van der Waals surface area contributed by atoms with Crippen LogP contribution in [0.15, 0.2) is 0 Å². The Morgan fingerprint density at radius 2 is 0.623 bits per heavy atom. The first-order valence-corrected chi connectivity index (χ1v) is 23.9. The number of rotatable bonds is 43. The number of ether oxygens (including phenoxy) is 2. The van der Waals surface area contributed by atoms with Gasteiger partial charge >= 0.3 is 11.9 Å². The van der Waals surface area contributed by atoms with Gasteiger partial charge in [-0.1, -0.05) is 195 Å². The summed E-state index contributed by atoms with van der Waals surface area (Å²) in [4.78, 5) is 25.2. The molecule has 0 saturated carbocycles. The zero-order chi connectivity index (χ0) is 38.9. The van der Waals surface area contributed by atoms with Gasteiger partial charge in [0.1, 0.15) is 0 Å². The molecule has 0 aromatic rings. The van der Waals surface area contributed by atoms with Crippen LogP contribution in [0.4, 0.5) is 0 Å². The SMILES string of the molecule is CCCCCCCCC(CCCCCC)COC(=O)CCCCCC(CCCO)CCCCCC(=O)OCC(CCCCCC)CCCCCCCC. The monoisotopic (exact) mass is 751 g/mol. The van der Waals surface area contributed by atoms with E-state index in [1.54, 1.807) is 0 Å². The molecule has 0 bridgehead atoms. The minimum Gasteiger partial charge on any atom is -0.465 e. The Balaban J connectivity index is 4.31. The molecule has 0 aliphatic carbocycles. The van der Waals surface area contributed by atoms with Crippen molar-refractivity contribution in [1.82, 2.24) is 0 Å². The molecule has 0 aliphatic rings. The fraction of sp³-hybridized carbons (Fsp3) is 0.958. The molecule has 0 saturated heterocycles. The molecule has 0 radical (unpaired) electrons. The molecule has 53 heavy (non-hydrogen) atoms. The minimum atomic E-state index is -0.0119. The number of aliphatic hydroxyl groups excluding tert-OH is 1. The van der Waals surface area contributed by atoms with E-state index in [1.807, 2.05) is 0 Å². The smallest absolute Gasteiger partial charge is 0.305 e. The number of aliphatic hydroxyl groups is 1. The van der Waals surface area contributed by atoms with Gasteiger partial charge in [-0.15, -0.1) is 0 Å². The second-order valence-electron chi connectivity index (χ2n) is 16.8. The Morgan fingerprint density at radius 3 is 0.962 bits per heavy atom. The fourth-order valence-electron chi connectivity index (χ4n) is 7.91. The number of carbonyl (C=O) groups is 2. The molecule has 0 aromatic heterocycles. The van der Waals surface area contributed by atoms with Crippen LogP contribution >= 0.6 is 0 Å². The third-order valence-electron chi connectivity index (χ3n) is 11.6. The molecule has 0 amide bonds. The van der Waals surface area contributed by atoms with Gasteiger partial charge in [0.25, 0.3) is 0 Å². The van der Waals surface area contributed by atoms with E-state index < -0.39 is 0 Å². The van der Waals surface area contributed by atoms with Gasteiger partial charge in [0.2, 0.25) is 0 Å². The first-order valence-electron chi connectivity index (χ1n) is 23.9. The fourth-order valence-corrected chi connectivity index (χ4v) is 7.91. The molecule has 316 valence electrons. The average molecular weight is 751 g/mol. The van der Waals surface area contributed by atoms with Gasteiger partial charge in [-0.2, -0.15) is 0 Å². The molecule has 0 aliphatic heterocycles. The van der Waals surface area contributed by atoms with Crippen LogP contribution in [0.2, 0.25) is 0 Å². The van der Waals surface area contributed by atoms with Crippen LogP contribution in [0.25, 0.3) is 0 Å². The molecule has 2 atom stereocenters. The van der Waals surface area contributed by atoms with Crippen molar-refractivity contribution in [2.45, 2.75) is 259 Å². The Hall–Kier alpha value is -1.10. The van der Waals surface area contributed by atoms with Gasteiger partial charge in [0.15, 0.2) is 0 Å². The lowest BCUT2D eigenvalue weighted by molar-refractivity contribution is -0.146. The summed E-state index contributed by atoms with van der Waals surface area (Å²) < 4.78 is 11.6. The third-order valence-corrected chi connectivity index (χ3v) is 11.6. The number of hydrogen-bond acceptors (Lipinski definition) is 5. The molecule has 1 N–H and O–H groups in total. The average Bonchev–Trinajstić information content (AvgIpc) is 3.16. The zero-order valence-corrected chi connectivity index (χ0v) is 36.4. The molecule has 0 rings (SSSR count). The molecule has 5 nitrogen and oxygen atoms in total. The van der Waals surface area contributed by atoms with Gasteiger partial charge in [-0.25, -0.2) is 0 Å². The number of unbranched alkanes of at least 4 members (excludes halogenated alkanes) is 20. The zero-order valence-electron chi connectivity index (χ0n) is 36.4. The summed E-state index contributed by atoms with van der Waals surface area (Å²) in [5, 5.41) is 9.46. The predicted octanol–water partition coefficient (Wildman–Crippen LogP) is 15.0. The second-order valence-corrected chi connectivity index (χ2v) is 16.8. The molecule has 5 heteroatoms. The Labute approximate surface area is 331 Å². The Bertz CT molecular complexity index is 696. The minimum absolute atomic E-state index is 0.0119. The first-order chi connectivity index (χ1) is 26.0. The van der Waals surface area contributed by atoms with Crippen molar-refractivity contribution in [3.8, 4) is 0 Å². The highest BCUT2D eigenvalue weighted by Crippen LogP contribution is 2.24. The molecule has 2 unspecified atom stereocenters. The predicted molar refractivity (Wildman–Crippen MR) is 228 cm³/mol. The quantitative estimate of drug-likeness (QED) is 0.0496. The van der Waals surface area contributed by atoms with E-state index in [2.05, 4.69) is 27.7 Å². The highest BCUT2D eigenvalue weighted by molar-refractivity contribution is 5.69. The van der Waals surface area contributed by atoms with Crippen LogP contribution in [-0.4, -0.2) is 36.9 Å². The first kappa shape index (κ1) is 51.9. The standard InChI is InChI=1S/C48H94O5/c1-5-9-13-17-19-25-36-45(34-23-15-11-7-3)42-52-47(50)39-29-21-27-32-44(38-31-41-49)33-28-22-30-40-48(51)53-43-46(35-24-16-12-8-4)37-26-20-18-14-10-6-2/h44-46,49H,5-43H2,1-4H3. The lowest BCUT2D eigenvalue weighted by atomic mass is 9.90. The summed E-state index contributed by atoms with van der Waals surface area (Å²) in [5.41, 5.74) is 0. The van der Waals surface area contributed by atoms with Crippen molar-refractivity contribution in [1.29, 1.82) is 0 Å². The van der Waals surface area contributed by atoms with Crippen molar-refractivity contribution < 1.29 is 24.2 Å². The maximum absolute atomic E-state index is 12.6. The van der Waals surface area contributed by atoms with Crippen molar-refractivity contribution in [3.63, 3.8) is 0 Å². The summed E-state index contributed by atoms with van der Waals surface area (Å²) in [6.07, 6.45) is 42.4. The van der Waals surface area contributed by atoms with E-state index in [9.17, 15) is 14.7 Å². The van der Waals surface area contributed by atoms with Gasteiger partial charge in [-0.3, -0.25) is 9.59 Å². The van der Waals surface area contributed by atoms with E-state index in [4.69, 9.17) is 9.47 Å². The van der Waals surface area contributed by atoms with Gasteiger partial charge in [-0.05, 0) is 69.1 Å². The molecular weight excluding hydrogens is 657 g/mol. The molecule has 0 aromatic carbocycles. The third kappa shape index (κ3) is 37.6. The molecular formula is C48H94O5. The number of esters is 2. The van der Waals surface area contributed by atoms with Gasteiger partial charge in [0.05, 0.1) is 13.2 Å².